The molecule has 0 saturated carbocycles. The van der Waals surface area contributed by atoms with Crippen molar-refractivity contribution >= 4 is 39.6 Å². The molecule has 0 aromatic heterocycles. The molecule has 6 heteroatoms. The van der Waals surface area contributed by atoms with E-state index in [4.69, 9.17) is 9.84 Å². The second kappa shape index (κ2) is 6.80. The molecule has 1 rings (SSSR count). The molecule has 0 aliphatic rings. The third-order valence-electron chi connectivity index (χ3n) is 1.89. The van der Waals surface area contributed by atoms with E-state index in [1.807, 2.05) is 0 Å². The van der Waals surface area contributed by atoms with Gasteiger partial charge in [-0.2, -0.15) is 0 Å². The van der Waals surface area contributed by atoms with Crippen molar-refractivity contribution in [2.75, 3.05) is 5.75 Å². The number of thioether (sulfide) groups is 1. The zero-order chi connectivity index (χ0) is 13.7. The topological polar surface area (TPSA) is 63.6 Å². The van der Waals surface area contributed by atoms with Gasteiger partial charge in [0.15, 0.2) is 0 Å². The number of ether oxygens (including phenoxy) is 1. The van der Waals surface area contributed by atoms with Crippen molar-refractivity contribution in [3.8, 4) is 0 Å². The monoisotopic (exact) mass is 332 g/mol. The van der Waals surface area contributed by atoms with E-state index in [0.717, 1.165) is 16.2 Å². The van der Waals surface area contributed by atoms with Crippen LogP contribution >= 0.6 is 27.7 Å². The Bertz CT molecular complexity index is 459. The molecule has 0 saturated heterocycles. The number of carboxylic acid groups (broad SMARTS) is 1. The molecule has 0 aliphatic heterocycles. The summed E-state index contributed by atoms with van der Waals surface area (Å²) in [6.45, 7) is 3.54. The first-order valence-corrected chi connectivity index (χ1v) is 7.03. The molecular weight excluding hydrogens is 320 g/mol. The number of carboxylic acids is 1. The van der Waals surface area contributed by atoms with Gasteiger partial charge in [0.1, 0.15) is 0 Å². The number of halogens is 1. The molecule has 98 valence electrons. The number of carbonyl (C=O) groups is 2. The fraction of sp³-hybridized carbons (Fsp3) is 0.333. The molecule has 1 aromatic carbocycles. The molecule has 18 heavy (non-hydrogen) atoms. The van der Waals surface area contributed by atoms with E-state index in [2.05, 4.69) is 15.9 Å². The van der Waals surface area contributed by atoms with Crippen LogP contribution in [0.2, 0.25) is 0 Å². The van der Waals surface area contributed by atoms with Crippen LogP contribution in [-0.4, -0.2) is 28.9 Å². The third-order valence-corrected chi connectivity index (χ3v) is 3.41. The molecule has 1 N–H and O–H groups in total. The number of benzene rings is 1. The highest BCUT2D eigenvalue weighted by Crippen LogP contribution is 2.26. The Morgan fingerprint density at radius 1 is 1.44 bits per heavy atom. The van der Waals surface area contributed by atoms with Crippen molar-refractivity contribution in [1.29, 1.82) is 0 Å². The van der Waals surface area contributed by atoms with E-state index in [1.54, 1.807) is 26.0 Å². The van der Waals surface area contributed by atoms with Gasteiger partial charge in [-0.15, -0.1) is 11.8 Å². The largest absolute Gasteiger partial charge is 0.478 e. The average Bonchev–Trinajstić information content (AvgIpc) is 2.25. The van der Waals surface area contributed by atoms with Crippen molar-refractivity contribution in [3.63, 3.8) is 0 Å². The fourth-order valence-electron chi connectivity index (χ4n) is 1.23. The highest BCUT2D eigenvalue weighted by Gasteiger charge is 2.13. The quantitative estimate of drug-likeness (QED) is 0.662. The van der Waals surface area contributed by atoms with E-state index in [-0.39, 0.29) is 23.4 Å². The maximum absolute atomic E-state index is 11.4. The van der Waals surface area contributed by atoms with Gasteiger partial charge in [-0.3, -0.25) is 4.79 Å². The van der Waals surface area contributed by atoms with Gasteiger partial charge in [0.2, 0.25) is 0 Å². The maximum atomic E-state index is 11.4. The Morgan fingerprint density at radius 2 is 2.11 bits per heavy atom. The van der Waals surface area contributed by atoms with Crippen molar-refractivity contribution in [2.24, 2.45) is 0 Å². The highest BCUT2D eigenvalue weighted by atomic mass is 79.9. The van der Waals surface area contributed by atoms with Crippen LogP contribution in [0, 0.1) is 0 Å². The minimum Gasteiger partial charge on any atom is -0.478 e. The molecule has 0 amide bonds. The molecule has 0 aliphatic carbocycles. The lowest BCUT2D eigenvalue weighted by molar-refractivity contribution is -0.144. The Morgan fingerprint density at radius 3 is 2.67 bits per heavy atom. The van der Waals surface area contributed by atoms with Crippen LogP contribution in [0.3, 0.4) is 0 Å². The summed E-state index contributed by atoms with van der Waals surface area (Å²) in [5, 5.41) is 9.02. The molecule has 4 nitrogen and oxygen atoms in total. The van der Waals surface area contributed by atoms with E-state index in [1.165, 1.54) is 6.07 Å². The predicted octanol–water partition coefficient (Wildman–Crippen LogP) is 3.19. The van der Waals surface area contributed by atoms with E-state index in [0.29, 0.717) is 4.90 Å². The summed E-state index contributed by atoms with van der Waals surface area (Å²) in [5.74, 6) is -1.27. The highest BCUT2D eigenvalue weighted by molar-refractivity contribution is 9.10. The molecular formula is C12H13BrO4S. The van der Waals surface area contributed by atoms with E-state index < -0.39 is 5.97 Å². The van der Waals surface area contributed by atoms with Gasteiger partial charge < -0.3 is 9.84 Å². The third kappa shape index (κ3) is 4.70. The summed E-state index contributed by atoms with van der Waals surface area (Å²) in [4.78, 5) is 22.9. The van der Waals surface area contributed by atoms with Gasteiger partial charge in [0.05, 0.1) is 17.4 Å². The van der Waals surface area contributed by atoms with Crippen LogP contribution in [0.25, 0.3) is 0 Å². The van der Waals surface area contributed by atoms with E-state index in [9.17, 15) is 9.59 Å². The van der Waals surface area contributed by atoms with Crippen LogP contribution in [0.1, 0.15) is 24.2 Å². The average molecular weight is 333 g/mol. The molecule has 0 radical (unpaired) electrons. The van der Waals surface area contributed by atoms with Crippen LogP contribution < -0.4 is 0 Å². The lowest BCUT2D eigenvalue weighted by atomic mass is 10.2. The summed E-state index contributed by atoms with van der Waals surface area (Å²) < 4.78 is 5.75. The number of aromatic carboxylic acids is 1. The smallest absolute Gasteiger partial charge is 0.336 e. The fourth-order valence-corrected chi connectivity index (χ4v) is 2.60. The zero-order valence-corrected chi connectivity index (χ0v) is 12.4. The van der Waals surface area contributed by atoms with Crippen LogP contribution in [0.5, 0.6) is 0 Å². The first-order chi connectivity index (χ1) is 8.40. The Hall–Kier alpha value is -1.01. The summed E-state index contributed by atoms with van der Waals surface area (Å²) in [7, 11) is 0. The zero-order valence-electron chi connectivity index (χ0n) is 9.97. The SMILES string of the molecule is CC(C)OC(=O)CSc1cc(Br)ccc1C(=O)O. The standard InChI is InChI=1S/C12H13BrO4S/c1-7(2)17-11(14)6-18-10-5-8(13)3-4-9(10)12(15)16/h3-5,7H,6H2,1-2H3,(H,15,16). The summed E-state index contributed by atoms with van der Waals surface area (Å²) >= 11 is 4.42. The number of rotatable bonds is 5. The minimum absolute atomic E-state index is 0.0922. The second-order valence-corrected chi connectivity index (χ2v) is 5.71. The van der Waals surface area contributed by atoms with Crippen molar-refractivity contribution < 1.29 is 19.4 Å². The van der Waals surface area contributed by atoms with Gasteiger partial charge in [-0.05, 0) is 32.0 Å². The molecule has 1 aromatic rings. The number of carbonyl (C=O) groups excluding carboxylic acids is 1. The number of hydrogen-bond donors (Lipinski definition) is 1. The van der Waals surface area contributed by atoms with Crippen molar-refractivity contribution in [1.82, 2.24) is 0 Å². The molecule has 0 atom stereocenters. The number of hydrogen-bond acceptors (Lipinski definition) is 4. The predicted molar refractivity (Wildman–Crippen MR) is 73.1 cm³/mol. The Balaban J connectivity index is 2.74. The van der Waals surface area contributed by atoms with Crippen LogP contribution in [0.15, 0.2) is 27.6 Å². The van der Waals surface area contributed by atoms with Crippen LogP contribution in [-0.2, 0) is 9.53 Å². The van der Waals surface area contributed by atoms with Crippen molar-refractivity contribution in [3.05, 3.63) is 28.2 Å². The van der Waals surface area contributed by atoms with Gasteiger partial charge >= 0.3 is 11.9 Å². The lowest BCUT2D eigenvalue weighted by Gasteiger charge is -2.09. The van der Waals surface area contributed by atoms with Gasteiger partial charge in [-0.1, -0.05) is 15.9 Å². The van der Waals surface area contributed by atoms with Gasteiger partial charge in [0, 0.05) is 9.37 Å². The first-order valence-electron chi connectivity index (χ1n) is 5.25. The van der Waals surface area contributed by atoms with E-state index >= 15 is 0 Å². The van der Waals surface area contributed by atoms with Crippen molar-refractivity contribution in [2.45, 2.75) is 24.8 Å². The summed E-state index contributed by atoms with van der Waals surface area (Å²) in [5.41, 5.74) is 0.181. The maximum Gasteiger partial charge on any atom is 0.336 e. The Labute approximate surface area is 118 Å². The minimum atomic E-state index is -1.01. The normalized spacial score (nSPS) is 10.4. The molecule has 0 unspecified atom stereocenters. The summed E-state index contributed by atoms with van der Waals surface area (Å²) in [6.07, 6.45) is -0.167. The molecule has 0 spiro atoms. The number of esters is 1. The molecule has 0 bridgehead atoms. The van der Waals surface area contributed by atoms with Crippen LogP contribution in [0.4, 0.5) is 0 Å². The second-order valence-electron chi connectivity index (χ2n) is 3.77. The summed E-state index contributed by atoms with van der Waals surface area (Å²) in [6, 6.07) is 4.83. The lowest BCUT2D eigenvalue weighted by Crippen LogP contribution is -2.13. The molecule has 0 heterocycles. The Kier molecular flexibility index (Phi) is 5.68. The first kappa shape index (κ1) is 15.0. The van der Waals surface area contributed by atoms with Gasteiger partial charge in [0.25, 0.3) is 0 Å². The molecule has 0 fully saturated rings. The van der Waals surface area contributed by atoms with Gasteiger partial charge in [-0.25, -0.2) is 4.79 Å².